The van der Waals surface area contributed by atoms with Gasteiger partial charge >= 0.3 is 5.97 Å². The molecule has 0 radical (unpaired) electrons. The van der Waals surface area contributed by atoms with Crippen LogP contribution in [0.2, 0.25) is 0 Å². The summed E-state index contributed by atoms with van der Waals surface area (Å²) in [6.45, 7) is 6.69. The van der Waals surface area contributed by atoms with Gasteiger partial charge < -0.3 is 10.9 Å². The third-order valence-corrected chi connectivity index (χ3v) is 6.84. The largest absolute Gasteiger partial charge is 0.469 e. The van der Waals surface area contributed by atoms with Gasteiger partial charge in [-0.1, -0.05) is 142 Å². The molecular weight excluding hydrogens is 382 g/mol. The smallest absolute Gasteiger partial charge is 0.311 e. The van der Waals surface area contributed by atoms with Gasteiger partial charge in [-0.3, -0.25) is 4.79 Å². The Hall–Kier alpha value is -0.570. The summed E-state index contributed by atoms with van der Waals surface area (Å²) in [5.41, 5.74) is -0.269. The van der Waals surface area contributed by atoms with Gasteiger partial charge in [-0.25, -0.2) is 0 Å². The predicted octanol–water partition coefficient (Wildman–Crippen LogP) is 9.95. The first-order chi connectivity index (χ1) is 14.6. The highest BCUT2D eigenvalue weighted by Gasteiger charge is 2.32. The molecule has 0 aromatic rings. The molecule has 0 fully saturated rings. The highest BCUT2D eigenvalue weighted by Crippen LogP contribution is 2.33. The normalized spacial score (nSPS) is 11.4. The maximum absolute atomic E-state index is 12.4. The highest BCUT2D eigenvalue weighted by molar-refractivity contribution is 5.76. The van der Waals surface area contributed by atoms with E-state index < -0.39 is 0 Å². The van der Waals surface area contributed by atoms with Gasteiger partial charge in [0.05, 0.1) is 12.5 Å². The standard InChI is InChI=1S/C28H56O2.H3N/c1-5-7-9-11-13-15-17-19-21-23-25-28(3,27(29)30-4)26-24-22-20-18-16-14-12-10-8-6-2;/h5-26H2,1-4H3;1H3. The summed E-state index contributed by atoms with van der Waals surface area (Å²) in [6, 6.07) is 0. The van der Waals surface area contributed by atoms with E-state index in [0.29, 0.717) is 0 Å². The van der Waals surface area contributed by atoms with E-state index in [2.05, 4.69) is 20.8 Å². The Morgan fingerprint density at radius 2 is 0.806 bits per heavy atom. The number of methoxy groups -OCH3 is 1. The van der Waals surface area contributed by atoms with Crippen molar-refractivity contribution in [2.45, 2.75) is 162 Å². The van der Waals surface area contributed by atoms with Gasteiger partial charge in [-0.05, 0) is 19.8 Å². The number of hydrogen-bond acceptors (Lipinski definition) is 3. The third kappa shape index (κ3) is 19.8. The van der Waals surface area contributed by atoms with Gasteiger partial charge in [-0.2, -0.15) is 0 Å². The average molecular weight is 442 g/mol. The molecule has 3 heteroatoms. The van der Waals surface area contributed by atoms with Crippen molar-refractivity contribution >= 4 is 5.97 Å². The van der Waals surface area contributed by atoms with E-state index in [-0.39, 0.29) is 17.5 Å². The molecule has 3 N–H and O–H groups in total. The van der Waals surface area contributed by atoms with Crippen molar-refractivity contribution in [2.75, 3.05) is 7.11 Å². The van der Waals surface area contributed by atoms with E-state index in [1.807, 2.05) is 0 Å². The summed E-state index contributed by atoms with van der Waals surface area (Å²) in [5, 5.41) is 0. The van der Waals surface area contributed by atoms with E-state index in [1.165, 1.54) is 128 Å². The van der Waals surface area contributed by atoms with Crippen molar-refractivity contribution < 1.29 is 9.53 Å². The van der Waals surface area contributed by atoms with Crippen molar-refractivity contribution in [3.05, 3.63) is 0 Å². The zero-order chi connectivity index (χ0) is 22.3. The molecule has 0 aliphatic carbocycles. The van der Waals surface area contributed by atoms with Gasteiger partial charge in [0.1, 0.15) is 0 Å². The zero-order valence-electron chi connectivity index (χ0n) is 22.1. The summed E-state index contributed by atoms with van der Waals surface area (Å²) in [6.07, 6.45) is 28.9. The van der Waals surface area contributed by atoms with Crippen LogP contribution >= 0.6 is 0 Å². The molecule has 0 spiro atoms. The Morgan fingerprint density at radius 1 is 0.548 bits per heavy atom. The molecule has 0 aliphatic heterocycles. The van der Waals surface area contributed by atoms with Crippen LogP contribution in [0.3, 0.4) is 0 Å². The van der Waals surface area contributed by atoms with Gasteiger partial charge in [0.15, 0.2) is 0 Å². The van der Waals surface area contributed by atoms with Crippen LogP contribution in [0.15, 0.2) is 0 Å². The van der Waals surface area contributed by atoms with Crippen molar-refractivity contribution in [3.8, 4) is 0 Å². The van der Waals surface area contributed by atoms with E-state index in [9.17, 15) is 4.79 Å². The Bertz CT molecular complexity index is 346. The lowest BCUT2D eigenvalue weighted by Crippen LogP contribution is -2.29. The molecule has 0 aliphatic rings. The quantitative estimate of drug-likeness (QED) is 0.127. The monoisotopic (exact) mass is 441 g/mol. The van der Waals surface area contributed by atoms with Crippen LogP contribution in [0.25, 0.3) is 0 Å². The maximum atomic E-state index is 12.4. The molecule has 0 atom stereocenters. The summed E-state index contributed by atoms with van der Waals surface area (Å²) >= 11 is 0. The molecule has 0 saturated carbocycles. The molecule has 0 aromatic heterocycles. The lowest BCUT2D eigenvalue weighted by Gasteiger charge is -2.26. The van der Waals surface area contributed by atoms with E-state index >= 15 is 0 Å². The Kier molecular flexibility index (Phi) is 25.3. The molecule has 0 bridgehead atoms. The second-order valence-corrected chi connectivity index (χ2v) is 9.92. The minimum Gasteiger partial charge on any atom is -0.469 e. The van der Waals surface area contributed by atoms with E-state index in [1.54, 1.807) is 7.11 Å². The molecule has 0 unspecified atom stereocenters. The lowest BCUT2D eigenvalue weighted by molar-refractivity contribution is -0.152. The fourth-order valence-corrected chi connectivity index (χ4v) is 4.58. The van der Waals surface area contributed by atoms with Crippen LogP contribution in [0.1, 0.15) is 162 Å². The Morgan fingerprint density at radius 3 is 1.06 bits per heavy atom. The third-order valence-electron chi connectivity index (χ3n) is 6.84. The molecule has 0 rings (SSSR count). The molecule has 0 amide bonds. The van der Waals surface area contributed by atoms with Crippen LogP contribution in [0.4, 0.5) is 0 Å². The number of carbonyl (C=O) groups is 1. The first kappa shape index (κ1) is 32.6. The molecule has 0 aromatic carbocycles. The zero-order valence-corrected chi connectivity index (χ0v) is 22.1. The topological polar surface area (TPSA) is 61.3 Å². The number of rotatable bonds is 23. The second kappa shape index (κ2) is 24.1. The van der Waals surface area contributed by atoms with Gasteiger partial charge in [0.2, 0.25) is 0 Å². The lowest BCUT2D eigenvalue weighted by atomic mass is 9.79. The Labute approximate surface area is 196 Å². The molecule has 3 nitrogen and oxygen atoms in total. The SMILES string of the molecule is CCCCCCCCCCCCC(C)(CCCCCCCCCCCC)C(=O)OC.N. The minimum atomic E-state index is -0.269. The molecule has 0 saturated heterocycles. The van der Waals surface area contributed by atoms with Crippen LogP contribution < -0.4 is 6.15 Å². The minimum absolute atomic E-state index is 0. The van der Waals surface area contributed by atoms with Crippen molar-refractivity contribution in [1.82, 2.24) is 6.15 Å². The summed E-state index contributed by atoms with van der Waals surface area (Å²) in [7, 11) is 1.55. The van der Waals surface area contributed by atoms with Crippen molar-refractivity contribution in [2.24, 2.45) is 5.41 Å². The average Bonchev–Trinajstić information content (AvgIpc) is 2.75. The van der Waals surface area contributed by atoms with Gasteiger partial charge in [-0.15, -0.1) is 0 Å². The fraction of sp³-hybridized carbons (Fsp3) is 0.964. The van der Waals surface area contributed by atoms with Crippen LogP contribution in [0.5, 0.6) is 0 Å². The number of esters is 1. The fourth-order valence-electron chi connectivity index (χ4n) is 4.58. The number of carbonyl (C=O) groups excluding carboxylic acids is 1. The van der Waals surface area contributed by atoms with Crippen LogP contribution in [-0.4, -0.2) is 13.1 Å². The molecule has 31 heavy (non-hydrogen) atoms. The summed E-state index contributed by atoms with van der Waals surface area (Å²) < 4.78 is 5.16. The summed E-state index contributed by atoms with van der Waals surface area (Å²) in [4.78, 5) is 12.4. The van der Waals surface area contributed by atoms with Crippen molar-refractivity contribution in [1.29, 1.82) is 0 Å². The number of ether oxygens (including phenoxy) is 1. The highest BCUT2D eigenvalue weighted by atomic mass is 16.5. The van der Waals surface area contributed by atoms with Crippen LogP contribution in [0, 0.1) is 5.41 Å². The number of hydrogen-bond donors (Lipinski definition) is 1. The molecule has 188 valence electrons. The van der Waals surface area contributed by atoms with E-state index in [0.717, 1.165) is 12.8 Å². The predicted molar refractivity (Wildman–Crippen MR) is 138 cm³/mol. The summed E-state index contributed by atoms with van der Waals surface area (Å²) in [5.74, 6) is 0.00866. The maximum Gasteiger partial charge on any atom is 0.311 e. The molecular formula is C28H59NO2. The first-order valence-corrected chi connectivity index (χ1v) is 13.7. The second-order valence-electron chi connectivity index (χ2n) is 9.92. The molecule has 0 heterocycles. The van der Waals surface area contributed by atoms with Gasteiger partial charge in [0, 0.05) is 0 Å². The van der Waals surface area contributed by atoms with Crippen molar-refractivity contribution in [3.63, 3.8) is 0 Å². The number of unbranched alkanes of at least 4 members (excludes halogenated alkanes) is 18. The van der Waals surface area contributed by atoms with Gasteiger partial charge in [0.25, 0.3) is 0 Å². The first-order valence-electron chi connectivity index (χ1n) is 13.7. The van der Waals surface area contributed by atoms with Crippen LogP contribution in [-0.2, 0) is 9.53 Å². The van der Waals surface area contributed by atoms with E-state index in [4.69, 9.17) is 4.74 Å². The Balaban J connectivity index is 0.